The molecule has 2 atom stereocenters. The molecule has 8 nitrogen and oxygen atoms in total. The van der Waals surface area contributed by atoms with Crippen LogP contribution in [0.25, 0.3) is 0 Å². The van der Waals surface area contributed by atoms with Gasteiger partial charge >= 0.3 is 6.09 Å². The number of nitrogens with one attached hydrogen (secondary N) is 1. The number of halogens is 1. The minimum absolute atomic E-state index is 0.122. The van der Waals surface area contributed by atoms with Gasteiger partial charge in [0.15, 0.2) is 6.10 Å². The average Bonchev–Trinajstić information content (AvgIpc) is 2.98. The van der Waals surface area contributed by atoms with E-state index in [1.54, 1.807) is 32.2 Å². The number of anilines is 2. The highest BCUT2D eigenvalue weighted by molar-refractivity contribution is 9.09. The van der Waals surface area contributed by atoms with E-state index in [-0.39, 0.29) is 23.7 Å². The number of cyclic esters (lactones) is 1. The molecule has 134 valence electrons. The summed E-state index contributed by atoms with van der Waals surface area (Å²) in [5.41, 5.74) is 1.27. The first-order valence-corrected chi connectivity index (χ1v) is 8.92. The van der Waals surface area contributed by atoms with Gasteiger partial charge in [-0.3, -0.25) is 14.5 Å². The van der Waals surface area contributed by atoms with Crippen molar-refractivity contribution in [1.82, 2.24) is 5.32 Å². The third-order valence-corrected chi connectivity index (χ3v) is 4.63. The van der Waals surface area contributed by atoms with Gasteiger partial charge in [-0.2, -0.15) is 0 Å². The van der Waals surface area contributed by atoms with Crippen molar-refractivity contribution in [3.8, 4) is 5.75 Å². The molecule has 0 saturated carbocycles. The van der Waals surface area contributed by atoms with Crippen LogP contribution in [0.2, 0.25) is 0 Å². The number of amides is 3. The third-order valence-electron chi connectivity index (χ3n) is 4.12. The Balaban J connectivity index is 1.74. The van der Waals surface area contributed by atoms with E-state index in [1.807, 2.05) is 0 Å². The van der Waals surface area contributed by atoms with Gasteiger partial charge in [0, 0.05) is 13.1 Å². The molecule has 1 unspecified atom stereocenters. The predicted molar refractivity (Wildman–Crippen MR) is 94.4 cm³/mol. The summed E-state index contributed by atoms with van der Waals surface area (Å²) >= 11 is 3.06. The Labute approximate surface area is 153 Å². The summed E-state index contributed by atoms with van der Waals surface area (Å²) in [6.45, 7) is 2.26. The second kappa shape index (κ2) is 6.91. The van der Waals surface area contributed by atoms with Crippen molar-refractivity contribution < 1.29 is 23.9 Å². The van der Waals surface area contributed by atoms with E-state index in [1.165, 1.54) is 9.80 Å². The van der Waals surface area contributed by atoms with Crippen LogP contribution in [-0.4, -0.2) is 55.6 Å². The lowest BCUT2D eigenvalue weighted by atomic mass is 10.1. The minimum atomic E-state index is -0.578. The first kappa shape index (κ1) is 17.5. The van der Waals surface area contributed by atoms with Crippen molar-refractivity contribution in [2.24, 2.45) is 0 Å². The summed E-state index contributed by atoms with van der Waals surface area (Å²) in [4.78, 5) is 38.4. The fraction of sp³-hybridized carbons (Fsp3) is 0.438. The van der Waals surface area contributed by atoms with Crippen molar-refractivity contribution in [2.45, 2.75) is 19.1 Å². The average molecular weight is 412 g/mol. The Morgan fingerprint density at radius 1 is 1.36 bits per heavy atom. The van der Waals surface area contributed by atoms with Gasteiger partial charge in [0.05, 0.1) is 29.8 Å². The molecule has 1 fully saturated rings. The Hall–Kier alpha value is -2.29. The molecule has 0 aromatic heterocycles. The number of carbonyl (C=O) groups excluding carboxylic acids is 3. The maximum absolute atomic E-state index is 12.1. The van der Waals surface area contributed by atoms with E-state index >= 15 is 0 Å². The smallest absolute Gasteiger partial charge is 0.414 e. The van der Waals surface area contributed by atoms with Crippen LogP contribution < -0.4 is 19.9 Å². The molecular weight excluding hydrogens is 394 g/mol. The lowest BCUT2D eigenvalue weighted by Gasteiger charge is -2.31. The number of alkyl halides is 1. The summed E-state index contributed by atoms with van der Waals surface area (Å²) in [5, 5.41) is 2.87. The van der Waals surface area contributed by atoms with Crippen molar-refractivity contribution in [2.75, 3.05) is 35.3 Å². The fourth-order valence-electron chi connectivity index (χ4n) is 2.79. The summed E-state index contributed by atoms with van der Waals surface area (Å²) in [5.74, 6) is 0.248. The molecule has 0 aliphatic carbocycles. The highest BCUT2D eigenvalue weighted by Gasteiger charge is 2.34. The zero-order chi connectivity index (χ0) is 18.1. The Morgan fingerprint density at radius 2 is 2.12 bits per heavy atom. The zero-order valence-electron chi connectivity index (χ0n) is 13.8. The SMILES string of the molecule is CC1Oc2cc(N3C[C@H](CNC(=O)CBr)OC3=O)ccc2N(C)C1=O. The van der Waals surface area contributed by atoms with Crippen LogP contribution in [-0.2, 0) is 14.3 Å². The van der Waals surface area contributed by atoms with Crippen LogP contribution >= 0.6 is 15.9 Å². The second-order valence-electron chi connectivity index (χ2n) is 5.86. The van der Waals surface area contributed by atoms with Gasteiger partial charge in [-0.15, -0.1) is 0 Å². The summed E-state index contributed by atoms with van der Waals surface area (Å²) < 4.78 is 10.9. The number of fused-ring (bicyclic) bond motifs is 1. The number of hydrogen-bond donors (Lipinski definition) is 1. The molecule has 1 aromatic rings. The Bertz CT molecular complexity index is 726. The maximum Gasteiger partial charge on any atom is 0.414 e. The number of likely N-dealkylation sites (N-methyl/N-ethyl adjacent to an activating group) is 1. The van der Waals surface area contributed by atoms with Crippen LogP contribution in [0.4, 0.5) is 16.2 Å². The highest BCUT2D eigenvalue weighted by Crippen LogP contribution is 2.37. The van der Waals surface area contributed by atoms with Gasteiger partial charge in [-0.1, -0.05) is 15.9 Å². The number of benzene rings is 1. The predicted octanol–water partition coefficient (Wildman–Crippen LogP) is 1.27. The van der Waals surface area contributed by atoms with Crippen LogP contribution in [0, 0.1) is 0 Å². The van der Waals surface area contributed by atoms with Crippen LogP contribution in [0.5, 0.6) is 5.75 Å². The molecule has 2 heterocycles. The summed E-state index contributed by atoms with van der Waals surface area (Å²) in [6.07, 6.45) is -1.48. The highest BCUT2D eigenvalue weighted by atomic mass is 79.9. The monoisotopic (exact) mass is 411 g/mol. The lowest BCUT2D eigenvalue weighted by molar-refractivity contribution is -0.125. The molecule has 0 bridgehead atoms. The first-order chi connectivity index (χ1) is 11.9. The molecule has 9 heteroatoms. The van der Waals surface area contributed by atoms with Crippen molar-refractivity contribution in [1.29, 1.82) is 0 Å². The normalized spacial score (nSPS) is 22.4. The Kier molecular flexibility index (Phi) is 4.85. The molecule has 0 spiro atoms. The number of nitrogens with zero attached hydrogens (tertiary/aromatic N) is 2. The quantitative estimate of drug-likeness (QED) is 0.753. The summed E-state index contributed by atoms with van der Waals surface area (Å²) in [6, 6.07) is 5.19. The van der Waals surface area contributed by atoms with Crippen molar-refractivity contribution >= 4 is 45.2 Å². The third kappa shape index (κ3) is 3.41. The van der Waals surface area contributed by atoms with Crippen LogP contribution in [0.3, 0.4) is 0 Å². The summed E-state index contributed by atoms with van der Waals surface area (Å²) in [7, 11) is 1.69. The standard InChI is InChI=1S/C16H18BrN3O5/c1-9-15(22)19(2)12-4-3-10(5-13(12)24-9)20-8-11(25-16(20)23)7-18-14(21)6-17/h3-5,9,11H,6-8H2,1-2H3,(H,18,21)/t9?,11-/m0/s1. The van der Waals surface area contributed by atoms with E-state index in [0.29, 0.717) is 23.7 Å². The van der Waals surface area contributed by atoms with Gasteiger partial charge in [-0.25, -0.2) is 4.79 Å². The van der Waals surface area contributed by atoms with Crippen molar-refractivity contribution in [3.05, 3.63) is 18.2 Å². The molecule has 1 saturated heterocycles. The van der Waals surface area contributed by atoms with Crippen molar-refractivity contribution in [3.63, 3.8) is 0 Å². The van der Waals surface area contributed by atoms with E-state index < -0.39 is 18.3 Å². The van der Waals surface area contributed by atoms with E-state index in [0.717, 1.165) is 0 Å². The minimum Gasteiger partial charge on any atom is -0.479 e. The molecular formula is C16H18BrN3O5. The van der Waals surface area contributed by atoms with Gasteiger partial charge in [0.2, 0.25) is 5.91 Å². The zero-order valence-corrected chi connectivity index (χ0v) is 15.4. The first-order valence-electron chi connectivity index (χ1n) is 7.79. The molecule has 1 N–H and O–H groups in total. The topological polar surface area (TPSA) is 88.2 Å². The lowest BCUT2D eigenvalue weighted by Crippen LogP contribution is -2.42. The number of ether oxygens (including phenoxy) is 2. The number of hydrogen-bond acceptors (Lipinski definition) is 5. The van der Waals surface area contributed by atoms with Gasteiger partial charge < -0.3 is 19.7 Å². The van der Waals surface area contributed by atoms with Crippen LogP contribution in [0.1, 0.15) is 6.92 Å². The van der Waals surface area contributed by atoms with Gasteiger partial charge in [-0.05, 0) is 19.1 Å². The Morgan fingerprint density at radius 3 is 2.84 bits per heavy atom. The molecule has 2 aliphatic heterocycles. The molecule has 3 rings (SSSR count). The maximum atomic E-state index is 12.1. The molecule has 3 amide bonds. The van der Waals surface area contributed by atoms with Crippen LogP contribution in [0.15, 0.2) is 18.2 Å². The van der Waals surface area contributed by atoms with E-state index in [9.17, 15) is 14.4 Å². The molecule has 0 radical (unpaired) electrons. The fourth-order valence-corrected chi connectivity index (χ4v) is 2.99. The molecule has 1 aromatic carbocycles. The van der Waals surface area contributed by atoms with E-state index in [2.05, 4.69) is 21.2 Å². The second-order valence-corrected chi connectivity index (χ2v) is 6.42. The number of carbonyl (C=O) groups is 3. The molecule has 2 aliphatic rings. The molecule has 25 heavy (non-hydrogen) atoms. The van der Waals surface area contributed by atoms with Gasteiger partial charge in [0.25, 0.3) is 5.91 Å². The van der Waals surface area contributed by atoms with Gasteiger partial charge in [0.1, 0.15) is 11.9 Å². The largest absolute Gasteiger partial charge is 0.479 e. The van der Waals surface area contributed by atoms with E-state index in [4.69, 9.17) is 9.47 Å². The number of rotatable bonds is 4.